The van der Waals surface area contributed by atoms with Crippen LogP contribution in [0.1, 0.15) is 32.3 Å². The molecule has 0 bridgehead atoms. The zero-order chi connectivity index (χ0) is 16.5. The summed E-state index contributed by atoms with van der Waals surface area (Å²) in [6.07, 6.45) is 0.859. The zero-order valence-electron chi connectivity index (χ0n) is 13.1. The summed E-state index contributed by atoms with van der Waals surface area (Å²) in [5.74, 6) is -1.84. The van der Waals surface area contributed by atoms with Crippen LogP contribution in [0.5, 0.6) is 0 Å². The molecule has 5 heteroatoms. The molecule has 0 amide bonds. The van der Waals surface area contributed by atoms with Crippen molar-refractivity contribution in [2.24, 2.45) is 11.8 Å². The minimum atomic E-state index is -1.04. The molecule has 1 heterocycles. The van der Waals surface area contributed by atoms with Gasteiger partial charge in [0, 0.05) is 24.9 Å². The molecule has 120 valence electrons. The Morgan fingerprint density at radius 3 is 2.64 bits per heavy atom. The lowest BCUT2D eigenvalue weighted by molar-refractivity contribution is -0.153. The van der Waals surface area contributed by atoms with E-state index in [4.69, 9.17) is 0 Å². The maximum Gasteiger partial charge on any atom is 0.324 e. The maximum atomic E-state index is 13.4. The Balaban J connectivity index is 2.33. The van der Waals surface area contributed by atoms with Crippen LogP contribution in [0.2, 0.25) is 0 Å². The number of aldehydes is 1. The van der Waals surface area contributed by atoms with Gasteiger partial charge in [-0.25, -0.2) is 4.39 Å². The highest BCUT2D eigenvalue weighted by Crippen LogP contribution is 2.38. The molecule has 1 fully saturated rings. The quantitative estimate of drug-likeness (QED) is 0.849. The van der Waals surface area contributed by atoms with Gasteiger partial charge in [-0.3, -0.25) is 9.69 Å². The maximum absolute atomic E-state index is 13.4. The number of rotatable bonds is 5. The molecular formula is C17H22FNO3. The molecular weight excluding hydrogens is 285 g/mol. The van der Waals surface area contributed by atoms with Crippen LogP contribution in [0.3, 0.4) is 0 Å². The van der Waals surface area contributed by atoms with Crippen molar-refractivity contribution in [1.29, 1.82) is 0 Å². The first-order valence-electron chi connectivity index (χ1n) is 7.50. The highest BCUT2D eigenvalue weighted by atomic mass is 19.1. The minimum absolute atomic E-state index is 0.108. The van der Waals surface area contributed by atoms with E-state index in [0.717, 1.165) is 11.8 Å². The van der Waals surface area contributed by atoms with Crippen molar-refractivity contribution in [3.05, 3.63) is 35.6 Å². The summed E-state index contributed by atoms with van der Waals surface area (Å²) in [5, 5.41) is 9.63. The Morgan fingerprint density at radius 2 is 2.14 bits per heavy atom. The van der Waals surface area contributed by atoms with Crippen LogP contribution in [0.4, 0.5) is 4.39 Å². The fraction of sp³-hybridized carbons (Fsp3) is 0.529. The van der Waals surface area contributed by atoms with E-state index < -0.39 is 11.5 Å². The molecule has 4 nitrogen and oxygen atoms in total. The summed E-state index contributed by atoms with van der Waals surface area (Å²) < 4.78 is 13.4. The van der Waals surface area contributed by atoms with E-state index in [9.17, 15) is 19.1 Å². The fourth-order valence-corrected chi connectivity index (χ4v) is 3.18. The molecule has 0 aliphatic carbocycles. The molecule has 1 aromatic rings. The largest absolute Gasteiger partial charge is 0.480 e. The number of hydrogen-bond donors (Lipinski definition) is 1. The van der Waals surface area contributed by atoms with Crippen LogP contribution in [0, 0.1) is 17.7 Å². The third kappa shape index (κ3) is 2.77. The number of halogens is 1. The second-order valence-corrected chi connectivity index (χ2v) is 6.47. The summed E-state index contributed by atoms with van der Waals surface area (Å²) in [7, 11) is 0. The van der Waals surface area contributed by atoms with Crippen molar-refractivity contribution >= 4 is 12.3 Å². The SMILES string of the molecule is CC(C)[C@@](C)(C(=O)O)N1C[C@H](c2cccc(F)c2)[C@@H](C=O)C1. The van der Waals surface area contributed by atoms with Crippen LogP contribution >= 0.6 is 0 Å². The molecule has 2 rings (SSSR count). The van der Waals surface area contributed by atoms with Gasteiger partial charge in [-0.2, -0.15) is 0 Å². The number of carboxylic acid groups (broad SMARTS) is 1. The van der Waals surface area contributed by atoms with Crippen molar-refractivity contribution in [3.63, 3.8) is 0 Å². The zero-order valence-corrected chi connectivity index (χ0v) is 13.1. The summed E-state index contributed by atoms with van der Waals surface area (Å²) in [6, 6.07) is 6.20. The van der Waals surface area contributed by atoms with Crippen molar-refractivity contribution in [1.82, 2.24) is 4.90 Å². The summed E-state index contributed by atoms with van der Waals surface area (Å²) in [5.41, 5.74) is -0.292. The van der Waals surface area contributed by atoms with Gasteiger partial charge in [-0.05, 0) is 30.5 Å². The van der Waals surface area contributed by atoms with E-state index in [1.165, 1.54) is 12.1 Å². The number of carboxylic acids is 1. The highest BCUT2D eigenvalue weighted by Gasteiger charge is 2.48. The molecule has 0 radical (unpaired) electrons. The lowest BCUT2D eigenvalue weighted by Gasteiger charge is -2.38. The van der Waals surface area contributed by atoms with Crippen molar-refractivity contribution in [3.8, 4) is 0 Å². The molecule has 0 spiro atoms. The van der Waals surface area contributed by atoms with Crippen LogP contribution in [0.15, 0.2) is 24.3 Å². The van der Waals surface area contributed by atoms with Gasteiger partial charge < -0.3 is 9.90 Å². The van der Waals surface area contributed by atoms with E-state index in [1.807, 2.05) is 18.7 Å². The second kappa shape index (κ2) is 6.16. The average molecular weight is 307 g/mol. The average Bonchev–Trinajstić information content (AvgIpc) is 2.90. The molecule has 1 saturated heterocycles. The van der Waals surface area contributed by atoms with Gasteiger partial charge in [0.2, 0.25) is 0 Å². The normalized spacial score (nSPS) is 25.1. The molecule has 1 aliphatic rings. The van der Waals surface area contributed by atoms with Gasteiger partial charge >= 0.3 is 5.97 Å². The molecule has 0 aromatic heterocycles. The Bertz CT molecular complexity index is 575. The minimum Gasteiger partial charge on any atom is -0.480 e. The third-order valence-corrected chi connectivity index (χ3v) is 5.03. The topological polar surface area (TPSA) is 57.6 Å². The van der Waals surface area contributed by atoms with Gasteiger partial charge in [-0.1, -0.05) is 26.0 Å². The number of benzene rings is 1. The number of carbonyl (C=O) groups is 2. The second-order valence-electron chi connectivity index (χ2n) is 6.47. The number of likely N-dealkylation sites (tertiary alicyclic amines) is 1. The van der Waals surface area contributed by atoms with Crippen LogP contribution in [-0.2, 0) is 9.59 Å². The molecule has 3 atom stereocenters. The van der Waals surface area contributed by atoms with Gasteiger partial charge in [0.25, 0.3) is 0 Å². The molecule has 1 N–H and O–H groups in total. The van der Waals surface area contributed by atoms with E-state index in [0.29, 0.717) is 13.1 Å². The third-order valence-electron chi connectivity index (χ3n) is 5.03. The van der Waals surface area contributed by atoms with Crippen molar-refractivity contribution in [2.45, 2.75) is 32.2 Å². The Labute approximate surface area is 129 Å². The smallest absolute Gasteiger partial charge is 0.324 e. The van der Waals surface area contributed by atoms with Crippen LogP contribution < -0.4 is 0 Å². The first-order chi connectivity index (χ1) is 10.3. The first kappa shape index (κ1) is 16.6. The van der Waals surface area contributed by atoms with E-state index >= 15 is 0 Å². The number of hydrogen-bond acceptors (Lipinski definition) is 3. The predicted octanol–water partition coefficient (Wildman–Crippen LogP) is 2.54. The van der Waals surface area contributed by atoms with Gasteiger partial charge in [0.15, 0.2) is 0 Å². The standard InChI is InChI=1S/C17H22FNO3/c1-11(2)17(3,16(21)22)19-8-13(10-20)15(9-19)12-5-4-6-14(18)7-12/h4-7,10-11,13,15H,8-9H2,1-3H3,(H,21,22)/t13-,15-,17+/m1/s1. The number of carbonyl (C=O) groups excluding carboxylic acids is 1. The number of aliphatic carboxylic acids is 1. The highest BCUT2D eigenvalue weighted by molar-refractivity contribution is 5.79. The number of nitrogens with zero attached hydrogens (tertiary/aromatic N) is 1. The summed E-state index contributed by atoms with van der Waals surface area (Å²) in [6.45, 7) is 6.23. The summed E-state index contributed by atoms with van der Waals surface area (Å²) >= 11 is 0. The lowest BCUT2D eigenvalue weighted by Crippen LogP contribution is -2.55. The Morgan fingerprint density at radius 1 is 1.45 bits per heavy atom. The van der Waals surface area contributed by atoms with E-state index in [2.05, 4.69) is 0 Å². The first-order valence-corrected chi connectivity index (χ1v) is 7.50. The monoisotopic (exact) mass is 307 g/mol. The molecule has 1 aliphatic heterocycles. The van der Waals surface area contributed by atoms with Crippen molar-refractivity contribution in [2.75, 3.05) is 13.1 Å². The Hall–Kier alpha value is -1.75. The molecule has 22 heavy (non-hydrogen) atoms. The summed E-state index contributed by atoms with van der Waals surface area (Å²) in [4.78, 5) is 25.0. The van der Waals surface area contributed by atoms with Crippen LogP contribution in [-0.4, -0.2) is 40.9 Å². The van der Waals surface area contributed by atoms with Gasteiger partial charge in [0.1, 0.15) is 17.6 Å². The van der Waals surface area contributed by atoms with Crippen molar-refractivity contribution < 1.29 is 19.1 Å². The fourth-order valence-electron chi connectivity index (χ4n) is 3.18. The Kier molecular flexibility index (Phi) is 4.66. The van der Waals surface area contributed by atoms with Gasteiger partial charge in [0.05, 0.1) is 0 Å². The van der Waals surface area contributed by atoms with E-state index in [-0.39, 0.29) is 23.6 Å². The predicted molar refractivity (Wildman–Crippen MR) is 81.1 cm³/mol. The van der Waals surface area contributed by atoms with Crippen LogP contribution in [0.25, 0.3) is 0 Å². The van der Waals surface area contributed by atoms with E-state index in [1.54, 1.807) is 19.1 Å². The molecule has 1 aromatic carbocycles. The lowest BCUT2D eigenvalue weighted by atomic mass is 9.86. The van der Waals surface area contributed by atoms with Gasteiger partial charge in [-0.15, -0.1) is 0 Å². The molecule has 0 saturated carbocycles. The molecule has 0 unspecified atom stereocenters.